The quantitative estimate of drug-likeness (QED) is 0.0983. The van der Waals surface area contributed by atoms with Gasteiger partial charge in [-0.2, -0.15) is 0 Å². The molecule has 3 heterocycles. The van der Waals surface area contributed by atoms with Crippen molar-refractivity contribution in [3.8, 4) is 16.6 Å². The van der Waals surface area contributed by atoms with Crippen molar-refractivity contribution in [3.05, 3.63) is 141 Å². The summed E-state index contributed by atoms with van der Waals surface area (Å²) in [5, 5.41) is 10.6. The second-order valence-corrected chi connectivity index (χ2v) is 12.1. The molecular weight excluding hydrogens is 619 g/mol. The molecule has 6 rings (SSSR count). The third kappa shape index (κ3) is 7.72. The Morgan fingerprint density at radius 3 is 2.40 bits per heavy atom. The largest absolute Gasteiger partial charge is 0.462 e. The lowest BCUT2D eigenvalue weighted by Crippen LogP contribution is -2.21. The molecule has 3 aromatic carbocycles. The van der Waals surface area contributed by atoms with E-state index in [0.717, 1.165) is 45.6 Å². The van der Waals surface area contributed by atoms with Crippen molar-refractivity contribution in [2.45, 2.75) is 20.8 Å². The van der Waals surface area contributed by atoms with E-state index in [1.807, 2.05) is 104 Å². The zero-order valence-electron chi connectivity index (χ0n) is 27.5. The maximum absolute atomic E-state index is 12.5. The molecule has 2 aromatic heterocycles. The first-order valence-electron chi connectivity index (χ1n) is 15.5. The predicted octanol–water partition coefficient (Wildman–Crippen LogP) is 9.20. The first-order valence-corrected chi connectivity index (χ1v) is 16.3. The van der Waals surface area contributed by atoms with E-state index in [1.54, 1.807) is 19.1 Å². The standard InChI is InChI=1S/C20H18N2O2S.C19H17N3O/c1-3-22(4-2)14-10-9-13-11-15(20(23)24-17(13)12-14)19-21-16-7-5-6-8-18(16)25-19;1-14-11-16(19(13-20)21-2)12-18(23-14)10-7-15-5-8-17(9-6-15)22(3)4/h5-12H,3-4H2,1-2H3;5-12H,1,3-4H3/b;10-7+,19-16+. The lowest BCUT2D eigenvalue weighted by Gasteiger charge is -2.20. The number of nitriles is 1. The topological polar surface area (TPSA) is 87.0 Å². The minimum atomic E-state index is -0.344. The average Bonchev–Trinajstić information content (AvgIpc) is 3.53. The molecule has 0 saturated carbocycles. The summed E-state index contributed by atoms with van der Waals surface area (Å²) in [5.74, 6) is 1.26. The number of para-hydroxylation sites is 1. The van der Waals surface area contributed by atoms with Crippen molar-refractivity contribution in [1.29, 1.82) is 5.26 Å². The van der Waals surface area contributed by atoms with Gasteiger partial charge >= 0.3 is 5.63 Å². The summed E-state index contributed by atoms with van der Waals surface area (Å²) in [5.41, 5.74) is 5.57. The second kappa shape index (κ2) is 15.1. The molecule has 0 unspecified atom stereocenters. The molecule has 240 valence electrons. The number of allylic oxidation sites excluding steroid dienone is 6. The number of ether oxygens (including phenoxy) is 1. The minimum absolute atomic E-state index is 0.0638. The number of anilines is 2. The van der Waals surface area contributed by atoms with Gasteiger partial charge in [0.2, 0.25) is 0 Å². The Morgan fingerprint density at radius 1 is 1.00 bits per heavy atom. The molecule has 9 heteroatoms. The fourth-order valence-corrected chi connectivity index (χ4v) is 6.08. The fraction of sp³-hybridized carbons (Fsp3) is 0.179. The second-order valence-electron chi connectivity index (χ2n) is 11.1. The lowest BCUT2D eigenvalue weighted by molar-refractivity contribution is 0.318. The number of fused-ring (bicyclic) bond motifs is 2. The van der Waals surface area contributed by atoms with Crippen LogP contribution in [0.15, 0.2) is 123 Å². The van der Waals surface area contributed by atoms with Crippen LogP contribution in [0.3, 0.4) is 0 Å². The van der Waals surface area contributed by atoms with Gasteiger partial charge in [-0.3, -0.25) is 0 Å². The first kappa shape index (κ1) is 33.5. The summed E-state index contributed by atoms with van der Waals surface area (Å²) >= 11 is 1.51. The SMILES string of the molecule is CCN(CC)c1ccc2cc(-c3nc4ccccc4s3)c(=O)oc2c1.[C-]#[N+]/C(C#N)=C1\C=C(C)OC(/C=C/c2ccc(N(C)C)cc2)=C1. The molecule has 1 aliphatic heterocycles. The van der Waals surface area contributed by atoms with Gasteiger partial charge in [0.05, 0.1) is 28.4 Å². The third-order valence-electron chi connectivity index (χ3n) is 7.65. The van der Waals surface area contributed by atoms with Crippen molar-refractivity contribution in [2.75, 3.05) is 37.0 Å². The zero-order valence-corrected chi connectivity index (χ0v) is 28.3. The van der Waals surface area contributed by atoms with Crippen molar-refractivity contribution in [2.24, 2.45) is 0 Å². The van der Waals surface area contributed by atoms with Crippen molar-refractivity contribution >= 4 is 50.0 Å². The molecule has 0 N–H and O–H groups in total. The molecule has 1 aliphatic rings. The van der Waals surface area contributed by atoms with E-state index in [4.69, 9.17) is 21.0 Å². The number of aromatic nitrogens is 1. The molecule has 0 saturated heterocycles. The van der Waals surface area contributed by atoms with E-state index < -0.39 is 0 Å². The molecule has 8 nitrogen and oxygen atoms in total. The van der Waals surface area contributed by atoms with Gasteiger partial charge in [-0.25, -0.2) is 19.9 Å². The van der Waals surface area contributed by atoms with Crippen LogP contribution in [0.25, 0.3) is 42.7 Å². The van der Waals surface area contributed by atoms with Gasteiger partial charge in [0.1, 0.15) is 22.1 Å². The van der Waals surface area contributed by atoms with E-state index in [2.05, 4.69) is 34.6 Å². The lowest BCUT2D eigenvalue weighted by atomic mass is 10.1. The van der Waals surface area contributed by atoms with E-state index >= 15 is 0 Å². The Hall–Kier alpha value is -5.90. The summed E-state index contributed by atoms with van der Waals surface area (Å²) in [6.45, 7) is 14.9. The van der Waals surface area contributed by atoms with E-state index in [0.29, 0.717) is 33.2 Å². The van der Waals surface area contributed by atoms with Crippen LogP contribution in [0.4, 0.5) is 11.4 Å². The van der Waals surface area contributed by atoms with Crippen molar-refractivity contribution in [1.82, 2.24) is 4.98 Å². The van der Waals surface area contributed by atoms with Gasteiger partial charge in [0.25, 0.3) is 5.70 Å². The van der Waals surface area contributed by atoms with Gasteiger partial charge < -0.3 is 19.0 Å². The number of hydrogen-bond acceptors (Lipinski definition) is 8. The predicted molar refractivity (Wildman–Crippen MR) is 197 cm³/mol. The number of nitrogens with zero attached hydrogens (tertiary/aromatic N) is 5. The van der Waals surface area contributed by atoms with Gasteiger partial charge in [0.15, 0.2) is 0 Å². The van der Waals surface area contributed by atoms with Crippen LogP contribution in [0.1, 0.15) is 26.3 Å². The molecule has 0 atom stereocenters. The Bertz CT molecular complexity index is 2170. The molecule has 0 amide bonds. The number of thiazole rings is 1. The Balaban J connectivity index is 0.000000189. The van der Waals surface area contributed by atoms with Gasteiger partial charge in [-0.15, -0.1) is 11.3 Å². The van der Waals surface area contributed by atoms with Crippen LogP contribution in [-0.4, -0.2) is 32.2 Å². The van der Waals surface area contributed by atoms with Gasteiger partial charge in [-0.1, -0.05) is 30.3 Å². The maximum atomic E-state index is 12.5. The Labute approximate surface area is 284 Å². The van der Waals surface area contributed by atoms with E-state index in [9.17, 15) is 4.79 Å². The number of benzene rings is 3. The Kier molecular flexibility index (Phi) is 10.5. The first-order chi connectivity index (χ1) is 23.2. The molecule has 5 aromatic rings. The molecule has 0 aliphatic carbocycles. The highest BCUT2D eigenvalue weighted by Crippen LogP contribution is 2.31. The summed E-state index contributed by atoms with van der Waals surface area (Å²) in [4.78, 5) is 24.6. The van der Waals surface area contributed by atoms with Gasteiger partial charge in [-0.05, 0) is 92.6 Å². The molecule has 0 fully saturated rings. The van der Waals surface area contributed by atoms with Crippen LogP contribution >= 0.6 is 11.3 Å². The van der Waals surface area contributed by atoms with Crippen LogP contribution in [-0.2, 0) is 4.74 Å². The summed E-state index contributed by atoms with van der Waals surface area (Å²) < 4.78 is 12.3. The summed E-state index contributed by atoms with van der Waals surface area (Å²) in [6, 6.07) is 25.8. The van der Waals surface area contributed by atoms with Crippen molar-refractivity contribution < 1.29 is 9.15 Å². The van der Waals surface area contributed by atoms with Crippen LogP contribution in [0, 0.1) is 17.9 Å². The highest BCUT2D eigenvalue weighted by Gasteiger charge is 2.14. The van der Waals surface area contributed by atoms with Gasteiger partial charge in [0, 0.05) is 50.0 Å². The van der Waals surface area contributed by atoms with E-state index in [-0.39, 0.29) is 11.3 Å². The monoisotopic (exact) mass is 653 g/mol. The zero-order chi connectivity index (χ0) is 34.2. The average molecular weight is 654 g/mol. The molecule has 0 spiro atoms. The van der Waals surface area contributed by atoms with Crippen LogP contribution in [0.5, 0.6) is 0 Å². The highest BCUT2D eigenvalue weighted by atomic mass is 32.1. The smallest absolute Gasteiger partial charge is 0.346 e. The normalized spacial score (nSPS) is 13.5. The molecule has 48 heavy (non-hydrogen) atoms. The maximum Gasteiger partial charge on any atom is 0.346 e. The molecular formula is C39H35N5O3S. The Morgan fingerprint density at radius 2 is 1.73 bits per heavy atom. The summed E-state index contributed by atoms with van der Waals surface area (Å²) in [6.07, 6.45) is 7.17. The third-order valence-corrected chi connectivity index (χ3v) is 8.72. The highest BCUT2D eigenvalue weighted by molar-refractivity contribution is 7.21. The molecule has 0 bridgehead atoms. The van der Waals surface area contributed by atoms with E-state index in [1.165, 1.54) is 11.3 Å². The fourth-order valence-electron chi connectivity index (χ4n) is 5.12. The minimum Gasteiger partial charge on any atom is -0.462 e. The van der Waals surface area contributed by atoms with Crippen molar-refractivity contribution in [3.63, 3.8) is 0 Å². The van der Waals surface area contributed by atoms with Crippen LogP contribution < -0.4 is 15.4 Å². The summed E-state index contributed by atoms with van der Waals surface area (Å²) in [7, 11) is 4.00. The molecule has 0 radical (unpaired) electrons. The number of rotatable bonds is 7. The number of hydrogen-bond donors (Lipinski definition) is 0. The van der Waals surface area contributed by atoms with Crippen LogP contribution in [0.2, 0.25) is 0 Å².